The third-order valence-electron chi connectivity index (χ3n) is 3.40. The van der Waals surface area contributed by atoms with Gasteiger partial charge >= 0.3 is 6.03 Å². The zero-order valence-electron chi connectivity index (χ0n) is 15.4. The molecule has 2 rings (SSSR count). The minimum Gasteiger partial charge on any atom is -0.504 e. The monoisotopic (exact) mass is 490 g/mol. The van der Waals surface area contributed by atoms with Gasteiger partial charge in [0.2, 0.25) is 10.0 Å². The average molecular weight is 492 g/mol. The van der Waals surface area contributed by atoms with E-state index in [9.17, 15) is 18.3 Å². The summed E-state index contributed by atoms with van der Waals surface area (Å²) in [6, 6.07) is 6.35. The molecule has 0 unspecified atom stereocenters. The second-order valence-electron chi connectivity index (χ2n) is 5.34. The van der Waals surface area contributed by atoms with E-state index in [0.29, 0.717) is 0 Å². The van der Waals surface area contributed by atoms with E-state index in [1.54, 1.807) is 12.1 Å². The molecule has 0 saturated heterocycles. The number of methoxy groups -OCH3 is 1. The molecule has 0 aliphatic heterocycles. The maximum absolute atomic E-state index is 12.4. The van der Waals surface area contributed by atoms with Crippen LogP contribution in [0.5, 0.6) is 5.75 Å². The van der Waals surface area contributed by atoms with E-state index in [1.165, 1.54) is 25.3 Å². The van der Waals surface area contributed by atoms with Crippen LogP contribution in [-0.2, 0) is 14.8 Å². The van der Waals surface area contributed by atoms with Crippen molar-refractivity contribution in [1.82, 2.24) is 4.72 Å². The largest absolute Gasteiger partial charge is 0.504 e. The first-order valence-corrected chi connectivity index (χ1v) is 10.3. The molecule has 0 fully saturated rings. The van der Waals surface area contributed by atoms with Gasteiger partial charge in [-0.3, -0.25) is 0 Å². The van der Waals surface area contributed by atoms with Crippen molar-refractivity contribution >= 4 is 91.8 Å². The minimum absolute atomic E-state index is 0. The first-order chi connectivity index (χ1) is 13.2. The molecule has 2 amide bonds. The quantitative estimate of drug-likeness (QED) is 0.268. The molecule has 0 saturated carbocycles. The van der Waals surface area contributed by atoms with Crippen molar-refractivity contribution in [2.45, 2.75) is 4.90 Å². The van der Waals surface area contributed by atoms with Crippen LogP contribution in [0.15, 0.2) is 35.2 Å². The first-order valence-electron chi connectivity index (χ1n) is 7.69. The van der Waals surface area contributed by atoms with E-state index < -0.39 is 26.7 Å². The average Bonchev–Trinajstić information content (AvgIpc) is 2.61. The number of halogens is 3. The van der Waals surface area contributed by atoms with Gasteiger partial charge in [0, 0.05) is 43.2 Å². The van der Waals surface area contributed by atoms with Crippen LogP contribution in [0.2, 0.25) is 15.1 Å². The molecule has 0 bridgehead atoms. The fourth-order valence-electron chi connectivity index (χ4n) is 2.13. The molecule has 0 spiro atoms. The third kappa shape index (κ3) is 6.88. The molecule has 0 heterocycles. The summed E-state index contributed by atoms with van der Waals surface area (Å²) >= 11 is 17.8. The van der Waals surface area contributed by atoms with Crippen LogP contribution in [0.1, 0.15) is 0 Å². The molecule has 4 N–H and O–H groups in total. The molecule has 13 heteroatoms. The summed E-state index contributed by atoms with van der Waals surface area (Å²) in [5.41, 5.74) is 0.0568. The van der Waals surface area contributed by atoms with Crippen LogP contribution in [0, 0.1) is 0 Å². The number of urea groups is 1. The van der Waals surface area contributed by atoms with Gasteiger partial charge in [0.1, 0.15) is 4.90 Å². The number of ether oxygens (including phenoxy) is 1. The molecular weight excluding hydrogens is 476 g/mol. The predicted molar refractivity (Wildman–Crippen MR) is 115 cm³/mol. The number of anilines is 2. The van der Waals surface area contributed by atoms with E-state index >= 15 is 0 Å². The second kappa shape index (κ2) is 11.6. The van der Waals surface area contributed by atoms with Crippen LogP contribution in [-0.4, -0.2) is 69.4 Å². The van der Waals surface area contributed by atoms with E-state index in [2.05, 4.69) is 15.4 Å². The van der Waals surface area contributed by atoms with E-state index in [1.807, 2.05) is 0 Å². The van der Waals surface area contributed by atoms with Gasteiger partial charge in [-0.25, -0.2) is 17.9 Å². The molecule has 0 aromatic heterocycles. The molecule has 2 aromatic rings. The Bertz CT molecular complexity index is 992. The topological polar surface area (TPSA) is 117 Å². The number of hydrogen-bond donors (Lipinski definition) is 4. The summed E-state index contributed by atoms with van der Waals surface area (Å²) in [5.74, 6) is -0.718. The number of phenolic OH excluding ortho intramolecular Hbond substituents is 1. The number of carbonyl (C=O) groups excluding carboxylic acids is 1. The molecule has 1 radical (unpaired) electrons. The summed E-state index contributed by atoms with van der Waals surface area (Å²) in [7, 11) is -2.73. The van der Waals surface area contributed by atoms with Crippen molar-refractivity contribution in [3.05, 3.63) is 45.4 Å². The number of phenols is 1. The van der Waals surface area contributed by atoms with Crippen molar-refractivity contribution in [1.29, 1.82) is 0 Å². The summed E-state index contributed by atoms with van der Waals surface area (Å²) < 4.78 is 31.8. The summed E-state index contributed by atoms with van der Waals surface area (Å²) in [4.78, 5) is 11.6. The van der Waals surface area contributed by atoms with Crippen molar-refractivity contribution in [3.8, 4) is 5.75 Å². The molecule has 29 heavy (non-hydrogen) atoms. The van der Waals surface area contributed by atoms with Crippen LogP contribution < -0.4 is 15.4 Å². The molecule has 8 nitrogen and oxygen atoms in total. The Morgan fingerprint density at radius 3 is 2.38 bits per heavy atom. The summed E-state index contributed by atoms with van der Waals surface area (Å²) in [5, 5.41) is 15.3. The van der Waals surface area contributed by atoms with Gasteiger partial charge in [0.15, 0.2) is 5.75 Å². The van der Waals surface area contributed by atoms with Crippen LogP contribution >= 0.6 is 34.8 Å². The third-order valence-corrected chi connectivity index (χ3v) is 6.18. The number of hydrogen-bond acceptors (Lipinski definition) is 5. The second-order valence-corrected chi connectivity index (χ2v) is 8.24. The Morgan fingerprint density at radius 1 is 1.07 bits per heavy atom. The normalized spacial score (nSPS) is 10.9. The van der Waals surface area contributed by atoms with Gasteiger partial charge in [-0.05, 0) is 24.3 Å². The van der Waals surface area contributed by atoms with Gasteiger partial charge in [-0.2, -0.15) is 0 Å². The Kier molecular flexibility index (Phi) is 10.5. The van der Waals surface area contributed by atoms with E-state index in [0.717, 1.165) is 0 Å². The van der Waals surface area contributed by atoms with Crippen LogP contribution in [0.25, 0.3) is 0 Å². The fourth-order valence-corrected chi connectivity index (χ4v) is 4.12. The first kappa shape index (κ1) is 26.3. The SMILES string of the molecule is COCCNS(=O)(=O)c1c(Cl)ccc(NC(=O)Nc2cccc(Cl)c2Cl)c1O.[Na]. The maximum atomic E-state index is 12.4. The minimum atomic E-state index is -4.15. The molecule has 2 aromatic carbocycles. The van der Waals surface area contributed by atoms with Crippen molar-refractivity contribution in [3.63, 3.8) is 0 Å². The fraction of sp³-hybridized carbons (Fsp3) is 0.188. The summed E-state index contributed by atoms with van der Waals surface area (Å²) in [6.45, 7) is 0.0956. The number of nitrogens with one attached hydrogen (secondary N) is 3. The number of rotatable bonds is 7. The van der Waals surface area contributed by atoms with Crippen LogP contribution in [0.3, 0.4) is 0 Å². The zero-order chi connectivity index (χ0) is 20.9. The van der Waals surface area contributed by atoms with Gasteiger partial charge in [0.05, 0.1) is 33.0 Å². The van der Waals surface area contributed by atoms with Crippen molar-refractivity contribution in [2.24, 2.45) is 0 Å². The zero-order valence-corrected chi connectivity index (χ0v) is 20.5. The Hall–Kier alpha value is -0.750. The standard InChI is InChI=1S/C16H16Cl3N3O5S.Na/c1-27-8-7-20-28(25,26)15-10(18)5-6-12(14(15)23)22-16(24)21-11-4-2-3-9(17)13(11)19;/h2-6,20,23H,7-8H2,1H3,(H2,21,22,24);. The number of amides is 2. The number of sulfonamides is 1. The smallest absolute Gasteiger partial charge is 0.323 e. The van der Waals surface area contributed by atoms with Crippen molar-refractivity contribution < 1.29 is 23.1 Å². The number of aromatic hydroxyl groups is 1. The van der Waals surface area contributed by atoms with E-state index in [4.69, 9.17) is 39.5 Å². The summed E-state index contributed by atoms with van der Waals surface area (Å²) in [6.07, 6.45) is 0. The Morgan fingerprint density at radius 2 is 1.72 bits per heavy atom. The molecular formula is C16H16Cl3N3NaO5S. The van der Waals surface area contributed by atoms with Gasteiger partial charge in [-0.1, -0.05) is 40.9 Å². The number of carbonyl (C=O) groups is 1. The molecule has 0 aliphatic rings. The molecule has 0 aliphatic carbocycles. The Labute approximate surface area is 205 Å². The van der Waals surface area contributed by atoms with Gasteiger partial charge in [0.25, 0.3) is 0 Å². The predicted octanol–water partition coefficient (Wildman–Crippen LogP) is 3.54. The van der Waals surface area contributed by atoms with E-state index in [-0.39, 0.29) is 69.2 Å². The maximum Gasteiger partial charge on any atom is 0.323 e. The molecule has 0 atom stereocenters. The van der Waals surface area contributed by atoms with Gasteiger partial charge in [-0.15, -0.1) is 0 Å². The van der Waals surface area contributed by atoms with Crippen LogP contribution in [0.4, 0.5) is 16.2 Å². The van der Waals surface area contributed by atoms with Gasteiger partial charge < -0.3 is 20.5 Å². The Balaban J connectivity index is 0.00000420. The number of benzene rings is 2. The van der Waals surface area contributed by atoms with Crippen molar-refractivity contribution in [2.75, 3.05) is 30.9 Å². The molecule has 153 valence electrons.